The molecule has 2 atom stereocenters. The van der Waals surface area contributed by atoms with Crippen LogP contribution in [0.1, 0.15) is 26.7 Å². The standard InChI is InChI=1S/C20H30Cl2N2O3S/c1-15-12-24(13-16(2)27-15)14-17-5-7-23(8-6-17)9-10-28(25,26)20-11-18(21)3-4-19(20)22/h3-4,11,15-17H,5-10,12-14H2,1-2H3/t15-,16-/m1/s1. The smallest absolute Gasteiger partial charge is 0.181 e. The first-order valence-electron chi connectivity index (χ1n) is 10.0. The summed E-state index contributed by atoms with van der Waals surface area (Å²) in [5.74, 6) is 0.740. The minimum absolute atomic E-state index is 0.0657. The van der Waals surface area contributed by atoms with Crippen molar-refractivity contribution < 1.29 is 13.2 Å². The number of hydrogen-bond donors (Lipinski definition) is 0. The molecule has 1 aromatic rings. The Balaban J connectivity index is 1.46. The summed E-state index contributed by atoms with van der Waals surface area (Å²) >= 11 is 12.0. The Morgan fingerprint density at radius 2 is 1.71 bits per heavy atom. The largest absolute Gasteiger partial charge is 0.373 e. The zero-order chi connectivity index (χ0) is 20.3. The molecule has 2 fully saturated rings. The predicted molar refractivity (Wildman–Crippen MR) is 114 cm³/mol. The Kier molecular flexibility index (Phi) is 7.67. The second kappa shape index (κ2) is 9.63. The van der Waals surface area contributed by atoms with Crippen molar-refractivity contribution in [1.82, 2.24) is 9.80 Å². The quantitative estimate of drug-likeness (QED) is 0.665. The number of nitrogens with zero attached hydrogens (tertiary/aromatic N) is 2. The molecular weight excluding hydrogens is 419 g/mol. The minimum Gasteiger partial charge on any atom is -0.373 e. The highest BCUT2D eigenvalue weighted by molar-refractivity contribution is 7.91. The molecule has 0 bridgehead atoms. The van der Waals surface area contributed by atoms with Crippen molar-refractivity contribution in [2.24, 2.45) is 5.92 Å². The van der Waals surface area contributed by atoms with E-state index in [0.29, 0.717) is 29.7 Å². The van der Waals surface area contributed by atoms with Crippen LogP contribution in [-0.2, 0) is 14.6 Å². The van der Waals surface area contributed by atoms with Crippen molar-refractivity contribution in [1.29, 1.82) is 0 Å². The molecule has 0 aliphatic carbocycles. The van der Waals surface area contributed by atoms with Gasteiger partial charge in [0.2, 0.25) is 0 Å². The number of halogens is 2. The number of sulfone groups is 1. The monoisotopic (exact) mass is 448 g/mol. The van der Waals surface area contributed by atoms with E-state index in [9.17, 15) is 8.42 Å². The molecule has 28 heavy (non-hydrogen) atoms. The zero-order valence-corrected chi connectivity index (χ0v) is 18.9. The average molecular weight is 449 g/mol. The molecule has 8 heteroatoms. The van der Waals surface area contributed by atoms with Gasteiger partial charge in [0.15, 0.2) is 9.84 Å². The van der Waals surface area contributed by atoms with Gasteiger partial charge in [-0.05, 0) is 63.9 Å². The van der Waals surface area contributed by atoms with Gasteiger partial charge in [-0.3, -0.25) is 4.90 Å². The Bertz CT molecular complexity index is 757. The molecule has 0 unspecified atom stereocenters. The number of piperidine rings is 1. The summed E-state index contributed by atoms with van der Waals surface area (Å²) in [6.45, 7) is 9.81. The molecule has 3 rings (SSSR count). The Morgan fingerprint density at radius 1 is 1.07 bits per heavy atom. The van der Waals surface area contributed by atoms with Gasteiger partial charge in [0.05, 0.1) is 27.9 Å². The van der Waals surface area contributed by atoms with Gasteiger partial charge < -0.3 is 9.64 Å². The first-order chi connectivity index (χ1) is 13.2. The number of ether oxygens (including phenoxy) is 1. The van der Waals surface area contributed by atoms with E-state index >= 15 is 0 Å². The number of likely N-dealkylation sites (tertiary alicyclic amines) is 1. The Labute approximate surface area is 178 Å². The van der Waals surface area contributed by atoms with Gasteiger partial charge in [-0.15, -0.1) is 0 Å². The van der Waals surface area contributed by atoms with Crippen molar-refractivity contribution in [3.05, 3.63) is 28.2 Å². The third kappa shape index (κ3) is 6.07. The summed E-state index contributed by atoms with van der Waals surface area (Å²) in [6, 6.07) is 4.58. The van der Waals surface area contributed by atoms with Gasteiger partial charge in [-0.2, -0.15) is 0 Å². The van der Waals surface area contributed by atoms with Crippen LogP contribution in [0, 0.1) is 5.92 Å². The maximum atomic E-state index is 12.6. The minimum atomic E-state index is -3.44. The van der Waals surface area contributed by atoms with Crippen molar-refractivity contribution in [2.75, 3.05) is 45.0 Å². The van der Waals surface area contributed by atoms with Gasteiger partial charge in [-0.1, -0.05) is 23.2 Å². The van der Waals surface area contributed by atoms with Gasteiger partial charge >= 0.3 is 0 Å². The molecule has 0 saturated carbocycles. The van der Waals surface area contributed by atoms with Crippen molar-refractivity contribution >= 4 is 33.0 Å². The molecule has 2 aliphatic heterocycles. The highest BCUT2D eigenvalue weighted by atomic mass is 35.5. The van der Waals surface area contributed by atoms with E-state index < -0.39 is 9.84 Å². The normalized spacial score (nSPS) is 25.9. The summed E-state index contributed by atoms with van der Waals surface area (Å²) in [5, 5.41) is 0.618. The zero-order valence-electron chi connectivity index (χ0n) is 16.6. The summed E-state index contributed by atoms with van der Waals surface area (Å²) in [4.78, 5) is 4.90. The lowest BCUT2D eigenvalue weighted by Crippen LogP contribution is -2.48. The fraction of sp³-hybridized carbons (Fsp3) is 0.700. The second-order valence-electron chi connectivity index (χ2n) is 8.15. The molecule has 0 aromatic heterocycles. The van der Waals surface area contributed by atoms with E-state index in [0.717, 1.165) is 45.6 Å². The molecule has 0 spiro atoms. The topological polar surface area (TPSA) is 49.9 Å². The molecule has 2 saturated heterocycles. The average Bonchev–Trinajstić information content (AvgIpc) is 2.62. The van der Waals surface area contributed by atoms with Crippen LogP contribution in [0.3, 0.4) is 0 Å². The van der Waals surface area contributed by atoms with E-state index in [1.807, 2.05) is 0 Å². The summed E-state index contributed by atoms with van der Waals surface area (Å²) in [6.07, 6.45) is 2.82. The van der Waals surface area contributed by atoms with Gasteiger partial charge in [0, 0.05) is 31.2 Å². The molecule has 0 amide bonds. The van der Waals surface area contributed by atoms with E-state index in [1.165, 1.54) is 12.1 Å². The van der Waals surface area contributed by atoms with Crippen LogP contribution < -0.4 is 0 Å². The van der Waals surface area contributed by atoms with Crippen LogP contribution >= 0.6 is 23.2 Å². The number of benzene rings is 1. The van der Waals surface area contributed by atoms with Gasteiger partial charge in [0.25, 0.3) is 0 Å². The molecule has 5 nitrogen and oxygen atoms in total. The van der Waals surface area contributed by atoms with Crippen molar-refractivity contribution in [3.63, 3.8) is 0 Å². The second-order valence-corrected chi connectivity index (χ2v) is 11.1. The first kappa shape index (κ1) is 22.3. The fourth-order valence-electron chi connectivity index (χ4n) is 4.27. The number of hydrogen-bond acceptors (Lipinski definition) is 5. The lowest BCUT2D eigenvalue weighted by atomic mass is 9.95. The van der Waals surface area contributed by atoms with Crippen LogP contribution in [0.2, 0.25) is 10.0 Å². The summed E-state index contributed by atoms with van der Waals surface area (Å²) < 4.78 is 31.1. The Morgan fingerprint density at radius 3 is 2.36 bits per heavy atom. The maximum Gasteiger partial charge on any atom is 0.181 e. The molecule has 0 radical (unpaired) electrons. The van der Waals surface area contributed by atoms with Crippen LogP contribution in [0.25, 0.3) is 0 Å². The third-order valence-electron chi connectivity index (χ3n) is 5.62. The fourth-order valence-corrected chi connectivity index (χ4v) is 6.36. The van der Waals surface area contributed by atoms with Crippen LogP contribution in [0.5, 0.6) is 0 Å². The van der Waals surface area contributed by atoms with Crippen molar-refractivity contribution in [2.45, 2.75) is 43.8 Å². The van der Waals surface area contributed by atoms with Crippen LogP contribution in [0.15, 0.2) is 23.1 Å². The summed E-state index contributed by atoms with van der Waals surface area (Å²) in [5.41, 5.74) is 0. The van der Waals surface area contributed by atoms with E-state index in [2.05, 4.69) is 23.6 Å². The first-order valence-corrected chi connectivity index (χ1v) is 12.4. The maximum absolute atomic E-state index is 12.6. The summed E-state index contributed by atoms with van der Waals surface area (Å²) in [7, 11) is -3.44. The van der Waals surface area contributed by atoms with Gasteiger partial charge in [-0.25, -0.2) is 8.42 Å². The lowest BCUT2D eigenvalue weighted by Gasteiger charge is -2.39. The molecule has 2 aliphatic rings. The predicted octanol–water partition coefficient (Wildman–Crippen LogP) is 3.59. The Hall–Kier alpha value is -0.370. The lowest BCUT2D eigenvalue weighted by molar-refractivity contribution is -0.0731. The molecule has 0 N–H and O–H groups in total. The van der Waals surface area contributed by atoms with E-state index in [1.54, 1.807) is 6.07 Å². The number of morpholine rings is 1. The van der Waals surface area contributed by atoms with Gasteiger partial charge in [0.1, 0.15) is 0 Å². The highest BCUT2D eigenvalue weighted by Crippen LogP contribution is 2.26. The van der Waals surface area contributed by atoms with Crippen LogP contribution in [-0.4, -0.2) is 75.4 Å². The highest BCUT2D eigenvalue weighted by Gasteiger charge is 2.27. The van der Waals surface area contributed by atoms with Crippen molar-refractivity contribution in [3.8, 4) is 0 Å². The van der Waals surface area contributed by atoms with E-state index in [-0.39, 0.29) is 15.7 Å². The van der Waals surface area contributed by atoms with Crippen LogP contribution in [0.4, 0.5) is 0 Å². The molecule has 1 aromatic carbocycles. The number of rotatable bonds is 6. The SMILES string of the molecule is C[C@@H]1CN(CC2CCN(CCS(=O)(=O)c3cc(Cl)ccc3Cl)CC2)C[C@@H](C)O1. The third-order valence-corrected chi connectivity index (χ3v) is 8.03. The molecular formula is C20H30Cl2N2O3S. The van der Waals surface area contributed by atoms with E-state index in [4.69, 9.17) is 27.9 Å². The molecule has 2 heterocycles. The molecule has 158 valence electrons.